The fourth-order valence-corrected chi connectivity index (χ4v) is 3.73. The Labute approximate surface area is 139 Å². The number of ketones is 2. The highest BCUT2D eigenvalue weighted by Crippen LogP contribution is 2.43. The molecule has 1 aliphatic heterocycles. The van der Waals surface area contributed by atoms with Gasteiger partial charge in [0.05, 0.1) is 10.8 Å². The van der Waals surface area contributed by atoms with Gasteiger partial charge in [0, 0.05) is 41.5 Å². The summed E-state index contributed by atoms with van der Waals surface area (Å²) >= 11 is 0. The molecule has 0 N–H and O–H groups in total. The number of rotatable bonds is 3. The maximum Gasteiger partial charge on any atom is 0.269 e. The van der Waals surface area contributed by atoms with Crippen LogP contribution in [0.1, 0.15) is 44.6 Å². The second-order valence-corrected chi connectivity index (χ2v) is 6.31. The molecular formula is C18H18N2O4. The first-order valence-electron chi connectivity index (χ1n) is 7.96. The summed E-state index contributed by atoms with van der Waals surface area (Å²) < 4.78 is 0. The van der Waals surface area contributed by atoms with E-state index in [4.69, 9.17) is 0 Å². The fraction of sp³-hybridized carbons (Fsp3) is 0.389. The Morgan fingerprint density at radius 1 is 1.33 bits per heavy atom. The van der Waals surface area contributed by atoms with E-state index in [9.17, 15) is 19.7 Å². The number of non-ortho nitro benzene ring substituents is 1. The molecule has 0 spiro atoms. The monoisotopic (exact) mass is 326 g/mol. The zero-order valence-electron chi connectivity index (χ0n) is 13.6. The summed E-state index contributed by atoms with van der Waals surface area (Å²) in [6.07, 6.45) is 1.89. The molecule has 1 aromatic carbocycles. The Morgan fingerprint density at radius 3 is 2.75 bits per heavy atom. The summed E-state index contributed by atoms with van der Waals surface area (Å²) in [6.45, 7) is 3.27. The van der Waals surface area contributed by atoms with Gasteiger partial charge in [0.25, 0.3) is 5.69 Å². The van der Waals surface area contributed by atoms with Gasteiger partial charge in [-0.15, -0.1) is 0 Å². The van der Waals surface area contributed by atoms with Crippen LogP contribution in [0.5, 0.6) is 0 Å². The van der Waals surface area contributed by atoms with Crippen molar-refractivity contribution in [2.75, 3.05) is 0 Å². The average Bonchev–Trinajstić information content (AvgIpc) is 2.53. The molecule has 0 amide bonds. The lowest BCUT2D eigenvalue weighted by Gasteiger charge is -2.34. The van der Waals surface area contributed by atoms with Crippen LogP contribution < -0.4 is 0 Å². The molecular weight excluding hydrogens is 308 g/mol. The van der Waals surface area contributed by atoms with Gasteiger partial charge in [-0.25, -0.2) is 0 Å². The number of aliphatic imine (C=N–C) groups is 1. The Balaban J connectivity index is 2.20. The van der Waals surface area contributed by atoms with Gasteiger partial charge in [-0.05, 0) is 32.3 Å². The van der Waals surface area contributed by atoms with Crippen LogP contribution in [0.3, 0.4) is 0 Å². The Bertz CT molecular complexity index is 807. The van der Waals surface area contributed by atoms with Crippen LogP contribution >= 0.6 is 0 Å². The standard InChI is InChI=1S/C18H18N2O4/c1-10-16(11(2)21)17(12-5-3-6-13(9-12)20(23)24)18-14(19-10)7-4-8-15(18)22/h3,5-6,9,16-17H,4,7-8H2,1-2H3. The molecule has 2 unspecified atom stereocenters. The number of Topliss-reactive ketones (excluding diaryl/α,β-unsaturated/α-hetero) is 2. The minimum Gasteiger partial charge on any atom is -0.299 e. The van der Waals surface area contributed by atoms with E-state index in [0.29, 0.717) is 29.7 Å². The number of nitrogens with zero attached hydrogens (tertiary/aromatic N) is 2. The molecule has 2 atom stereocenters. The summed E-state index contributed by atoms with van der Waals surface area (Å²) in [5.41, 5.74) is 2.56. The molecule has 24 heavy (non-hydrogen) atoms. The van der Waals surface area contributed by atoms with Crippen LogP contribution in [0.25, 0.3) is 0 Å². The molecule has 2 aliphatic rings. The van der Waals surface area contributed by atoms with Crippen LogP contribution in [0.2, 0.25) is 0 Å². The van der Waals surface area contributed by atoms with E-state index in [1.54, 1.807) is 19.1 Å². The highest BCUT2D eigenvalue weighted by atomic mass is 16.6. The number of allylic oxidation sites excluding steroid dienone is 2. The van der Waals surface area contributed by atoms with Gasteiger partial charge in [-0.3, -0.25) is 24.7 Å². The van der Waals surface area contributed by atoms with Crippen molar-refractivity contribution in [3.8, 4) is 0 Å². The van der Waals surface area contributed by atoms with Crippen LogP contribution in [0, 0.1) is 16.0 Å². The molecule has 0 saturated carbocycles. The summed E-state index contributed by atoms with van der Waals surface area (Å²) in [6, 6.07) is 6.22. The van der Waals surface area contributed by atoms with Gasteiger partial charge in [0.1, 0.15) is 5.78 Å². The van der Waals surface area contributed by atoms with Crippen LogP contribution in [-0.2, 0) is 9.59 Å². The molecule has 6 nitrogen and oxygen atoms in total. The van der Waals surface area contributed by atoms with Crippen molar-refractivity contribution < 1.29 is 14.5 Å². The molecule has 1 aliphatic carbocycles. The fourth-order valence-electron chi connectivity index (χ4n) is 3.73. The van der Waals surface area contributed by atoms with E-state index in [0.717, 1.165) is 12.1 Å². The third kappa shape index (κ3) is 2.68. The molecule has 0 bridgehead atoms. The second-order valence-electron chi connectivity index (χ2n) is 6.31. The Hall–Kier alpha value is -2.63. The SMILES string of the molecule is CC(=O)C1C(C)=NC2=C(C(=O)CCC2)C1c1cccc([N+](=O)[O-])c1. The summed E-state index contributed by atoms with van der Waals surface area (Å²) in [5, 5.41) is 11.1. The van der Waals surface area contributed by atoms with Gasteiger partial charge in [-0.2, -0.15) is 0 Å². The number of benzene rings is 1. The predicted octanol–water partition coefficient (Wildman–Crippen LogP) is 3.37. The van der Waals surface area contributed by atoms with E-state index in [-0.39, 0.29) is 17.3 Å². The number of hydrogen-bond donors (Lipinski definition) is 0. The van der Waals surface area contributed by atoms with Gasteiger partial charge in [0.15, 0.2) is 5.78 Å². The van der Waals surface area contributed by atoms with Gasteiger partial charge in [-0.1, -0.05) is 12.1 Å². The van der Waals surface area contributed by atoms with Crippen molar-refractivity contribution in [1.29, 1.82) is 0 Å². The molecule has 3 rings (SSSR count). The molecule has 0 aromatic heterocycles. The Morgan fingerprint density at radius 2 is 2.08 bits per heavy atom. The molecule has 0 fully saturated rings. The van der Waals surface area contributed by atoms with E-state index < -0.39 is 16.8 Å². The van der Waals surface area contributed by atoms with Crippen molar-refractivity contribution in [2.45, 2.75) is 39.0 Å². The first kappa shape index (κ1) is 16.2. The van der Waals surface area contributed by atoms with Crippen molar-refractivity contribution in [3.05, 3.63) is 51.2 Å². The number of nitro benzene ring substituents is 1. The quantitative estimate of drug-likeness (QED) is 0.629. The lowest BCUT2D eigenvalue weighted by Crippen LogP contribution is -2.35. The lowest BCUT2D eigenvalue weighted by atomic mass is 9.70. The topological polar surface area (TPSA) is 89.6 Å². The maximum atomic E-state index is 12.5. The van der Waals surface area contributed by atoms with Gasteiger partial charge in [0.2, 0.25) is 0 Å². The molecule has 0 radical (unpaired) electrons. The summed E-state index contributed by atoms with van der Waals surface area (Å²) in [4.78, 5) is 39.9. The summed E-state index contributed by atoms with van der Waals surface area (Å²) in [7, 11) is 0. The van der Waals surface area contributed by atoms with Crippen molar-refractivity contribution in [3.63, 3.8) is 0 Å². The van der Waals surface area contributed by atoms with Crippen molar-refractivity contribution >= 4 is 23.0 Å². The number of carbonyl (C=O) groups excluding carboxylic acids is 2. The number of hydrogen-bond acceptors (Lipinski definition) is 5. The minimum atomic E-state index is -0.548. The van der Waals surface area contributed by atoms with Crippen LogP contribution in [0.4, 0.5) is 5.69 Å². The summed E-state index contributed by atoms with van der Waals surface area (Å²) in [5.74, 6) is -1.12. The van der Waals surface area contributed by atoms with E-state index in [2.05, 4.69) is 4.99 Å². The highest BCUT2D eigenvalue weighted by molar-refractivity contribution is 6.10. The Kier molecular flexibility index (Phi) is 4.13. The zero-order valence-corrected chi connectivity index (χ0v) is 13.6. The predicted molar refractivity (Wildman–Crippen MR) is 89.0 cm³/mol. The van der Waals surface area contributed by atoms with Crippen molar-refractivity contribution in [2.24, 2.45) is 10.9 Å². The smallest absolute Gasteiger partial charge is 0.269 e. The second kappa shape index (κ2) is 6.11. The normalized spacial score (nSPS) is 23.6. The van der Waals surface area contributed by atoms with E-state index in [1.165, 1.54) is 19.1 Å². The first-order valence-corrected chi connectivity index (χ1v) is 7.96. The highest BCUT2D eigenvalue weighted by Gasteiger charge is 2.41. The zero-order chi connectivity index (χ0) is 17.4. The van der Waals surface area contributed by atoms with Crippen LogP contribution in [0.15, 0.2) is 40.5 Å². The third-order valence-electron chi connectivity index (χ3n) is 4.71. The first-order chi connectivity index (χ1) is 11.4. The van der Waals surface area contributed by atoms with Crippen molar-refractivity contribution in [1.82, 2.24) is 0 Å². The maximum absolute atomic E-state index is 12.5. The molecule has 1 heterocycles. The molecule has 6 heteroatoms. The molecule has 0 saturated heterocycles. The minimum absolute atomic E-state index is 0.00439. The number of carbonyl (C=O) groups is 2. The molecule has 1 aromatic rings. The number of nitro groups is 1. The largest absolute Gasteiger partial charge is 0.299 e. The average molecular weight is 326 g/mol. The van der Waals surface area contributed by atoms with E-state index in [1.807, 2.05) is 0 Å². The lowest BCUT2D eigenvalue weighted by molar-refractivity contribution is -0.384. The van der Waals surface area contributed by atoms with Crippen LogP contribution in [-0.4, -0.2) is 22.2 Å². The molecule has 124 valence electrons. The van der Waals surface area contributed by atoms with E-state index >= 15 is 0 Å². The van der Waals surface area contributed by atoms with Gasteiger partial charge < -0.3 is 0 Å². The third-order valence-corrected chi connectivity index (χ3v) is 4.71. The van der Waals surface area contributed by atoms with Gasteiger partial charge >= 0.3 is 0 Å².